The Bertz CT molecular complexity index is 1110. The average Bonchev–Trinajstić information content (AvgIpc) is 3.15. The summed E-state index contributed by atoms with van der Waals surface area (Å²) in [5.41, 5.74) is 1.28. The van der Waals surface area contributed by atoms with Crippen LogP contribution in [-0.4, -0.2) is 77.8 Å². The average molecular weight is 555 g/mol. The van der Waals surface area contributed by atoms with E-state index >= 15 is 0 Å². The van der Waals surface area contributed by atoms with Crippen molar-refractivity contribution in [1.82, 2.24) is 10.2 Å². The number of amides is 2. The fourth-order valence-corrected chi connectivity index (χ4v) is 6.37. The van der Waals surface area contributed by atoms with Gasteiger partial charge in [0, 0.05) is 35.7 Å². The third kappa shape index (κ3) is 6.25. The SMILES string of the molecule is C=CCCCCC(=O)N(C1CCCCCC1)[C@@H]1C=C(C(=O)NCCO)[C@@H]2c3cc(C=O)cc(OC)c3O[C@@H]2[C@H]1O. The van der Waals surface area contributed by atoms with Crippen LogP contribution in [0.4, 0.5) is 0 Å². The molecule has 218 valence electrons. The van der Waals surface area contributed by atoms with Crippen LogP contribution in [0, 0.1) is 0 Å². The first-order valence-corrected chi connectivity index (χ1v) is 14.5. The normalized spacial score (nSPS) is 24.0. The topological polar surface area (TPSA) is 125 Å². The van der Waals surface area contributed by atoms with Crippen molar-refractivity contribution in [3.8, 4) is 11.5 Å². The maximum absolute atomic E-state index is 13.8. The van der Waals surface area contributed by atoms with E-state index in [-0.39, 0.29) is 25.1 Å². The van der Waals surface area contributed by atoms with E-state index in [9.17, 15) is 24.6 Å². The van der Waals surface area contributed by atoms with Gasteiger partial charge in [0.2, 0.25) is 11.8 Å². The van der Waals surface area contributed by atoms with Crippen LogP contribution >= 0.6 is 0 Å². The number of unbranched alkanes of at least 4 members (excludes halogenated alkanes) is 2. The second kappa shape index (κ2) is 13.9. The van der Waals surface area contributed by atoms with Crippen molar-refractivity contribution in [3.05, 3.63) is 47.6 Å². The molecule has 0 saturated heterocycles. The minimum atomic E-state index is -1.11. The Morgan fingerprint density at radius 2 is 1.95 bits per heavy atom. The van der Waals surface area contributed by atoms with Crippen LogP contribution in [0.2, 0.25) is 0 Å². The van der Waals surface area contributed by atoms with E-state index in [0.717, 1.165) is 51.4 Å². The Morgan fingerprint density at radius 3 is 2.60 bits per heavy atom. The fourth-order valence-electron chi connectivity index (χ4n) is 6.37. The predicted octanol–water partition coefficient (Wildman–Crippen LogP) is 3.43. The van der Waals surface area contributed by atoms with Gasteiger partial charge in [-0.15, -0.1) is 6.58 Å². The minimum absolute atomic E-state index is 0.0406. The Labute approximate surface area is 236 Å². The minimum Gasteiger partial charge on any atom is -0.493 e. The number of carbonyl (C=O) groups excluding carboxylic acids is 3. The Hall–Kier alpha value is -3.17. The van der Waals surface area contributed by atoms with Gasteiger partial charge in [0.05, 0.1) is 25.7 Å². The number of carbonyl (C=O) groups is 3. The first kappa shape index (κ1) is 29.8. The van der Waals surface area contributed by atoms with Crippen molar-refractivity contribution in [2.75, 3.05) is 20.3 Å². The molecular formula is C31H42N2O7. The lowest BCUT2D eigenvalue weighted by Crippen LogP contribution is -2.58. The van der Waals surface area contributed by atoms with Gasteiger partial charge in [-0.05, 0) is 50.3 Å². The molecule has 2 amide bonds. The highest BCUT2D eigenvalue weighted by Gasteiger charge is 2.52. The molecule has 9 heteroatoms. The summed E-state index contributed by atoms with van der Waals surface area (Å²) in [5.74, 6) is -0.409. The maximum Gasteiger partial charge on any atom is 0.247 e. The van der Waals surface area contributed by atoms with Gasteiger partial charge in [0.1, 0.15) is 18.5 Å². The van der Waals surface area contributed by atoms with Gasteiger partial charge in [0.25, 0.3) is 0 Å². The van der Waals surface area contributed by atoms with E-state index in [1.54, 1.807) is 18.2 Å². The number of aliphatic hydroxyl groups excluding tert-OH is 2. The molecule has 1 aliphatic heterocycles. The quantitative estimate of drug-likeness (QED) is 0.156. The summed E-state index contributed by atoms with van der Waals surface area (Å²) in [5, 5.41) is 23.9. The second-order valence-electron chi connectivity index (χ2n) is 10.9. The summed E-state index contributed by atoms with van der Waals surface area (Å²) >= 11 is 0. The number of ether oxygens (including phenoxy) is 2. The second-order valence-corrected chi connectivity index (χ2v) is 10.9. The first-order chi connectivity index (χ1) is 19.4. The maximum atomic E-state index is 13.8. The number of aliphatic hydroxyl groups is 2. The zero-order chi connectivity index (χ0) is 28.6. The summed E-state index contributed by atoms with van der Waals surface area (Å²) in [4.78, 5) is 40.8. The van der Waals surface area contributed by atoms with Crippen LogP contribution in [0.15, 0.2) is 36.4 Å². The number of allylic oxidation sites excluding steroid dienone is 1. The van der Waals surface area contributed by atoms with Crippen LogP contribution in [0.1, 0.15) is 86.0 Å². The molecule has 1 aromatic rings. The van der Waals surface area contributed by atoms with Crippen molar-refractivity contribution < 1.29 is 34.1 Å². The zero-order valence-corrected chi connectivity index (χ0v) is 23.3. The van der Waals surface area contributed by atoms with Crippen molar-refractivity contribution in [2.24, 2.45) is 0 Å². The molecule has 1 saturated carbocycles. The number of aldehydes is 1. The number of rotatable bonds is 12. The number of nitrogens with one attached hydrogen (secondary N) is 1. The Balaban J connectivity index is 1.77. The summed E-state index contributed by atoms with van der Waals surface area (Å²) in [6, 6.07) is 2.40. The van der Waals surface area contributed by atoms with E-state index in [1.807, 2.05) is 11.0 Å². The Morgan fingerprint density at radius 1 is 1.20 bits per heavy atom. The molecule has 0 bridgehead atoms. The van der Waals surface area contributed by atoms with Gasteiger partial charge in [-0.2, -0.15) is 0 Å². The number of nitrogens with zero attached hydrogens (tertiary/aromatic N) is 1. The lowest BCUT2D eigenvalue weighted by molar-refractivity contribution is -0.141. The number of hydrogen-bond donors (Lipinski definition) is 3. The first-order valence-electron chi connectivity index (χ1n) is 14.5. The molecule has 4 atom stereocenters. The smallest absolute Gasteiger partial charge is 0.247 e. The number of benzene rings is 1. The van der Waals surface area contributed by atoms with Crippen molar-refractivity contribution in [3.63, 3.8) is 0 Å². The molecule has 3 aliphatic rings. The van der Waals surface area contributed by atoms with Crippen molar-refractivity contribution in [2.45, 2.75) is 94.4 Å². The largest absolute Gasteiger partial charge is 0.493 e. The van der Waals surface area contributed by atoms with E-state index in [1.165, 1.54) is 7.11 Å². The van der Waals surface area contributed by atoms with E-state index < -0.39 is 30.1 Å². The van der Waals surface area contributed by atoms with Crippen LogP contribution in [0.3, 0.4) is 0 Å². The molecule has 9 nitrogen and oxygen atoms in total. The highest BCUT2D eigenvalue weighted by atomic mass is 16.5. The van der Waals surface area contributed by atoms with Gasteiger partial charge < -0.3 is 29.9 Å². The van der Waals surface area contributed by atoms with Crippen LogP contribution in [-0.2, 0) is 9.59 Å². The van der Waals surface area contributed by atoms with Gasteiger partial charge in [-0.3, -0.25) is 14.4 Å². The molecule has 1 aromatic carbocycles. The highest BCUT2D eigenvalue weighted by molar-refractivity contribution is 5.96. The molecule has 4 rings (SSSR count). The van der Waals surface area contributed by atoms with E-state index in [0.29, 0.717) is 47.3 Å². The summed E-state index contributed by atoms with van der Waals surface area (Å²) in [6.07, 6.45) is 10.9. The van der Waals surface area contributed by atoms with Gasteiger partial charge in [-0.25, -0.2) is 0 Å². The van der Waals surface area contributed by atoms with Crippen molar-refractivity contribution in [1.29, 1.82) is 0 Å². The third-order valence-electron chi connectivity index (χ3n) is 8.29. The number of fused-ring (bicyclic) bond motifs is 3. The monoisotopic (exact) mass is 554 g/mol. The molecule has 40 heavy (non-hydrogen) atoms. The van der Waals surface area contributed by atoms with E-state index in [4.69, 9.17) is 9.47 Å². The molecule has 3 N–H and O–H groups in total. The van der Waals surface area contributed by atoms with Gasteiger partial charge in [-0.1, -0.05) is 31.8 Å². The summed E-state index contributed by atoms with van der Waals surface area (Å²) in [6.45, 7) is 3.59. The molecule has 1 heterocycles. The predicted molar refractivity (Wildman–Crippen MR) is 151 cm³/mol. The lowest BCUT2D eigenvalue weighted by atomic mass is 9.76. The van der Waals surface area contributed by atoms with Gasteiger partial charge >= 0.3 is 0 Å². The molecule has 2 aliphatic carbocycles. The van der Waals surface area contributed by atoms with Gasteiger partial charge in [0.15, 0.2) is 11.5 Å². The van der Waals surface area contributed by atoms with Crippen LogP contribution in [0.5, 0.6) is 11.5 Å². The molecule has 0 unspecified atom stereocenters. The highest BCUT2D eigenvalue weighted by Crippen LogP contribution is 2.51. The standard InChI is InChI=1S/C31H42N2O7/c1-3-4-5-10-13-26(36)33(21-11-8-6-7-9-12-21)24-18-23(31(38)32-14-15-34)27-22-16-20(19-35)17-25(39-2)29(22)40-30(27)28(24)37/h3,16-19,21,24,27-28,30,34,37H,1,4-15H2,2H3,(H,32,38)/t24-,27+,28+,30+/m1/s1. The molecule has 0 spiro atoms. The van der Waals surface area contributed by atoms with E-state index in [2.05, 4.69) is 11.9 Å². The Kier molecular flexibility index (Phi) is 10.4. The molecular weight excluding hydrogens is 512 g/mol. The number of hydrogen-bond acceptors (Lipinski definition) is 7. The molecule has 0 aromatic heterocycles. The van der Waals surface area contributed by atoms with Crippen molar-refractivity contribution >= 4 is 18.1 Å². The zero-order valence-electron chi connectivity index (χ0n) is 23.3. The summed E-state index contributed by atoms with van der Waals surface area (Å²) < 4.78 is 11.8. The number of methoxy groups -OCH3 is 1. The fraction of sp³-hybridized carbons (Fsp3) is 0.581. The lowest BCUT2D eigenvalue weighted by Gasteiger charge is -2.44. The summed E-state index contributed by atoms with van der Waals surface area (Å²) in [7, 11) is 1.47. The van der Waals surface area contributed by atoms with Crippen LogP contribution < -0.4 is 14.8 Å². The third-order valence-corrected chi connectivity index (χ3v) is 8.29. The van der Waals surface area contributed by atoms with Crippen LogP contribution in [0.25, 0.3) is 0 Å². The molecule has 0 radical (unpaired) electrons. The molecule has 1 fully saturated rings.